The number of hydrogen-bond acceptors (Lipinski definition) is 5. The summed E-state index contributed by atoms with van der Waals surface area (Å²) in [6.07, 6.45) is -2.81. The van der Waals surface area contributed by atoms with Gasteiger partial charge in [0, 0.05) is 38.1 Å². The summed E-state index contributed by atoms with van der Waals surface area (Å²) in [6, 6.07) is 3.66. The third-order valence-electron chi connectivity index (χ3n) is 3.37. The largest absolute Gasteiger partial charge is 0.451 e. The maximum absolute atomic E-state index is 12.8. The van der Waals surface area contributed by atoms with Crippen LogP contribution in [0.25, 0.3) is 0 Å². The van der Waals surface area contributed by atoms with Gasteiger partial charge in [-0.3, -0.25) is 0 Å². The van der Waals surface area contributed by atoms with Gasteiger partial charge in [-0.25, -0.2) is 4.98 Å². The van der Waals surface area contributed by atoms with Gasteiger partial charge in [-0.15, -0.1) is 10.2 Å². The summed E-state index contributed by atoms with van der Waals surface area (Å²) in [7, 11) is 1.76. The summed E-state index contributed by atoms with van der Waals surface area (Å²) >= 11 is 0. The Hall–Kier alpha value is -2.32. The molecule has 6 nitrogen and oxygen atoms in total. The lowest BCUT2D eigenvalue weighted by molar-refractivity contribution is -0.147. The number of nitrogens with zero attached hydrogens (tertiary/aromatic N) is 5. The molecule has 9 heteroatoms. The standard InChI is InChI=1S/C12H13F3N6/c1-16-9-6-8(2-3-17-9)20-4-5-21-10(7-20)18-19-11(21)12(13,14)15/h2-3,6H,4-5,7H2,1H3,(H,16,17). The van der Waals surface area contributed by atoms with Crippen LogP contribution in [-0.4, -0.2) is 33.3 Å². The molecule has 1 aliphatic heterocycles. The first-order valence-corrected chi connectivity index (χ1v) is 6.37. The van der Waals surface area contributed by atoms with E-state index in [1.165, 1.54) is 0 Å². The van der Waals surface area contributed by atoms with Crippen LogP contribution >= 0.6 is 0 Å². The summed E-state index contributed by atoms with van der Waals surface area (Å²) in [5.41, 5.74) is 0.886. The highest BCUT2D eigenvalue weighted by molar-refractivity contribution is 5.53. The van der Waals surface area contributed by atoms with Crippen LogP contribution in [0.15, 0.2) is 18.3 Å². The number of aromatic nitrogens is 4. The van der Waals surface area contributed by atoms with Gasteiger partial charge in [-0.1, -0.05) is 0 Å². The van der Waals surface area contributed by atoms with Crippen molar-refractivity contribution in [1.82, 2.24) is 19.7 Å². The molecule has 0 aromatic carbocycles. The number of rotatable bonds is 2. The van der Waals surface area contributed by atoms with E-state index in [1.807, 2.05) is 17.0 Å². The third kappa shape index (κ3) is 2.50. The molecule has 21 heavy (non-hydrogen) atoms. The highest BCUT2D eigenvalue weighted by atomic mass is 19.4. The lowest BCUT2D eigenvalue weighted by Gasteiger charge is -2.29. The van der Waals surface area contributed by atoms with Crippen LogP contribution in [0, 0.1) is 0 Å². The van der Waals surface area contributed by atoms with Crippen LogP contribution in [0.2, 0.25) is 0 Å². The van der Waals surface area contributed by atoms with E-state index < -0.39 is 12.0 Å². The summed E-state index contributed by atoms with van der Waals surface area (Å²) < 4.78 is 39.5. The predicted octanol–water partition coefficient (Wildman–Crippen LogP) is 1.75. The van der Waals surface area contributed by atoms with Crippen molar-refractivity contribution in [2.75, 3.05) is 23.8 Å². The minimum absolute atomic E-state index is 0.203. The first-order chi connectivity index (χ1) is 9.99. The van der Waals surface area contributed by atoms with Gasteiger partial charge in [0.15, 0.2) is 5.82 Å². The maximum atomic E-state index is 12.8. The predicted molar refractivity (Wildman–Crippen MR) is 69.9 cm³/mol. The smallest absolute Gasteiger partial charge is 0.373 e. The second-order valence-corrected chi connectivity index (χ2v) is 4.66. The molecular formula is C12H13F3N6. The van der Waals surface area contributed by atoms with Crippen molar-refractivity contribution in [1.29, 1.82) is 0 Å². The zero-order chi connectivity index (χ0) is 15.0. The van der Waals surface area contributed by atoms with E-state index in [9.17, 15) is 13.2 Å². The molecule has 1 aliphatic rings. The molecule has 3 heterocycles. The zero-order valence-corrected chi connectivity index (χ0v) is 11.2. The van der Waals surface area contributed by atoms with Gasteiger partial charge in [-0.05, 0) is 6.07 Å². The molecule has 0 spiro atoms. The Morgan fingerprint density at radius 2 is 2.05 bits per heavy atom. The van der Waals surface area contributed by atoms with E-state index in [0.29, 0.717) is 18.2 Å². The monoisotopic (exact) mass is 298 g/mol. The van der Waals surface area contributed by atoms with Crippen LogP contribution in [0.3, 0.4) is 0 Å². The molecule has 2 aromatic heterocycles. The third-order valence-corrected chi connectivity index (χ3v) is 3.37. The van der Waals surface area contributed by atoms with Crippen molar-refractivity contribution in [3.8, 4) is 0 Å². The minimum Gasteiger partial charge on any atom is -0.373 e. The van der Waals surface area contributed by atoms with E-state index >= 15 is 0 Å². The molecule has 2 aromatic rings. The van der Waals surface area contributed by atoms with Gasteiger partial charge in [0.05, 0.1) is 6.54 Å². The second-order valence-electron chi connectivity index (χ2n) is 4.66. The Balaban J connectivity index is 1.86. The fraction of sp³-hybridized carbons (Fsp3) is 0.417. The topological polar surface area (TPSA) is 58.9 Å². The lowest BCUT2D eigenvalue weighted by atomic mass is 10.3. The molecule has 0 saturated heterocycles. The van der Waals surface area contributed by atoms with E-state index in [1.54, 1.807) is 13.2 Å². The number of fused-ring (bicyclic) bond motifs is 1. The van der Waals surface area contributed by atoms with Crippen LogP contribution < -0.4 is 10.2 Å². The van der Waals surface area contributed by atoms with Gasteiger partial charge in [0.25, 0.3) is 0 Å². The average Bonchev–Trinajstić information content (AvgIpc) is 2.90. The number of alkyl halides is 3. The van der Waals surface area contributed by atoms with E-state index in [4.69, 9.17) is 0 Å². The first kappa shape index (κ1) is 13.7. The number of hydrogen-bond donors (Lipinski definition) is 1. The molecule has 112 valence electrons. The van der Waals surface area contributed by atoms with Crippen LogP contribution in [0.1, 0.15) is 11.6 Å². The van der Waals surface area contributed by atoms with Gasteiger partial charge in [0.2, 0.25) is 5.82 Å². The van der Waals surface area contributed by atoms with Crippen molar-refractivity contribution in [2.24, 2.45) is 0 Å². The van der Waals surface area contributed by atoms with Crippen molar-refractivity contribution in [3.05, 3.63) is 30.0 Å². The number of halogens is 3. The summed E-state index contributed by atoms with van der Waals surface area (Å²) in [5, 5.41) is 9.86. The molecule has 0 radical (unpaired) electrons. The Morgan fingerprint density at radius 3 is 2.76 bits per heavy atom. The molecule has 0 unspecified atom stereocenters. The summed E-state index contributed by atoms with van der Waals surface area (Å²) in [5.74, 6) is 0.0923. The van der Waals surface area contributed by atoms with E-state index in [0.717, 1.165) is 10.3 Å². The number of pyridine rings is 1. The van der Waals surface area contributed by atoms with Gasteiger partial charge < -0.3 is 14.8 Å². The molecule has 3 rings (SSSR count). The maximum Gasteiger partial charge on any atom is 0.451 e. The molecule has 0 bridgehead atoms. The SMILES string of the molecule is CNc1cc(N2CCn3c(nnc3C(F)(F)F)C2)ccn1. The van der Waals surface area contributed by atoms with Crippen molar-refractivity contribution in [2.45, 2.75) is 19.3 Å². The molecule has 1 N–H and O–H groups in total. The highest BCUT2D eigenvalue weighted by Gasteiger charge is 2.39. The Bertz CT molecular complexity index is 651. The zero-order valence-electron chi connectivity index (χ0n) is 11.2. The lowest BCUT2D eigenvalue weighted by Crippen LogP contribution is -2.35. The Morgan fingerprint density at radius 1 is 1.24 bits per heavy atom. The molecular weight excluding hydrogens is 285 g/mol. The second kappa shape index (κ2) is 4.90. The van der Waals surface area contributed by atoms with Crippen LogP contribution in [-0.2, 0) is 19.3 Å². The van der Waals surface area contributed by atoms with Crippen LogP contribution in [0.4, 0.5) is 24.7 Å². The number of nitrogens with one attached hydrogen (secondary N) is 1. The fourth-order valence-electron chi connectivity index (χ4n) is 2.34. The van der Waals surface area contributed by atoms with Crippen molar-refractivity contribution in [3.63, 3.8) is 0 Å². The Labute approximate surface area is 118 Å². The average molecular weight is 298 g/mol. The van der Waals surface area contributed by atoms with Crippen molar-refractivity contribution >= 4 is 11.5 Å². The fourth-order valence-corrected chi connectivity index (χ4v) is 2.34. The van der Waals surface area contributed by atoms with E-state index in [-0.39, 0.29) is 13.1 Å². The van der Waals surface area contributed by atoms with E-state index in [2.05, 4.69) is 20.5 Å². The molecule has 0 fully saturated rings. The molecule has 0 aliphatic carbocycles. The molecule has 0 saturated carbocycles. The summed E-state index contributed by atoms with van der Waals surface area (Å²) in [4.78, 5) is 6.06. The van der Waals surface area contributed by atoms with Gasteiger partial charge in [0.1, 0.15) is 5.82 Å². The highest BCUT2D eigenvalue weighted by Crippen LogP contribution is 2.30. The van der Waals surface area contributed by atoms with Crippen LogP contribution in [0.5, 0.6) is 0 Å². The minimum atomic E-state index is -4.47. The first-order valence-electron chi connectivity index (χ1n) is 6.37. The normalized spacial score (nSPS) is 15.0. The number of anilines is 2. The molecule has 0 atom stereocenters. The van der Waals surface area contributed by atoms with Gasteiger partial charge in [-0.2, -0.15) is 13.2 Å². The van der Waals surface area contributed by atoms with Gasteiger partial charge >= 0.3 is 6.18 Å². The molecule has 0 amide bonds. The summed E-state index contributed by atoms with van der Waals surface area (Å²) in [6.45, 7) is 0.950. The quantitative estimate of drug-likeness (QED) is 0.915. The Kier molecular flexibility index (Phi) is 3.19. The van der Waals surface area contributed by atoms with Crippen molar-refractivity contribution < 1.29 is 13.2 Å².